The fraction of sp³-hybridized carbons (Fsp3) is 1.00. The SMILES string of the molecule is O[C@@H]1C[C@@H]1CCCCl. The minimum Gasteiger partial charge on any atom is -0.393 e. The highest BCUT2D eigenvalue weighted by Crippen LogP contribution is 2.34. The van der Waals surface area contributed by atoms with Crippen LogP contribution in [0.4, 0.5) is 0 Å². The third-order valence-electron chi connectivity index (χ3n) is 1.59. The summed E-state index contributed by atoms with van der Waals surface area (Å²) in [6.45, 7) is 0. The van der Waals surface area contributed by atoms with Gasteiger partial charge in [0.25, 0.3) is 0 Å². The van der Waals surface area contributed by atoms with Crippen molar-refractivity contribution in [1.29, 1.82) is 0 Å². The van der Waals surface area contributed by atoms with Crippen LogP contribution in [0.2, 0.25) is 0 Å². The van der Waals surface area contributed by atoms with Crippen molar-refractivity contribution in [1.82, 2.24) is 0 Å². The highest BCUT2D eigenvalue weighted by Gasteiger charge is 2.33. The Hall–Kier alpha value is 0.250. The molecule has 0 saturated heterocycles. The Morgan fingerprint density at radius 2 is 2.25 bits per heavy atom. The van der Waals surface area contributed by atoms with Crippen LogP contribution in [0.5, 0.6) is 0 Å². The first-order valence-corrected chi connectivity index (χ1v) is 3.62. The van der Waals surface area contributed by atoms with Crippen molar-refractivity contribution < 1.29 is 5.11 Å². The van der Waals surface area contributed by atoms with E-state index in [2.05, 4.69) is 0 Å². The van der Waals surface area contributed by atoms with Gasteiger partial charge in [-0.3, -0.25) is 0 Å². The number of hydrogen-bond donors (Lipinski definition) is 1. The van der Waals surface area contributed by atoms with Gasteiger partial charge in [0.1, 0.15) is 0 Å². The largest absolute Gasteiger partial charge is 0.393 e. The first-order chi connectivity index (χ1) is 3.84. The van der Waals surface area contributed by atoms with Crippen molar-refractivity contribution >= 4 is 11.6 Å². The Balaban J connectivity index is 1.89. The standard InChI is InChI=1S/C6H11ClO/c7-3-1-2-5-4-6(5)8/h5-6,8H,1-4H2/t5-,6+/m0/s1. The lowest BCUT2D eigenvalue weighted by Crippen LogP contribution is -1.85. The first kappa shape index (κ1) is 6.37. The van der Waals surface area contributed by atoms with Gasteiger partial charge in [-0.1, -0.05) is 0 Å². The van der Waals surface area contributed by atoms with Gasteiger partial charge >= 0.3 is 0 Å². The fourth-order valence-corrected chi connectivity index (χ4v) is 1.04. The zero-order chi connectivity index (χ0) is 5.98. The van der Waals surface area contributed by atoms with Crippen molar-refractivity contribution in [3.8, 4) is 0 Å². The van der Waals surface area contributed by atoms with Crippen LogP contribution >= 0.6 is 11.6 Å². The molecule has 1 saturated carbocycles. The zero-order valence-corrected chi connectivity index (χ0v) is 5.56. The molecule has 0 spiro atoms. The summed E-state index contributed by atoms with van der Waals surface area (Å²) >= 11 is 5.44. The van der Waals surface area contributed by atoms with Crippen LogP contribution in [-0.4, -0.2) is 17.1 Å². The Morgan fingerprint density at radius 3 is 2.62 bits per heavy atom. The summed E-state index contributed by atoms with van der Waals surface area (Å²) in [5.74, 6) is 1.33. The Morgan fingerprint density at radius 1 is 1.62 bits per heavy atom. The molecule has 0 amide bonds. The van der Waals surface area contributed by atoms with Crippen LogP contribution in [0, 0.1) is 5.92 Å². The molecule has 0 aromatic rings. The first-order valence-electron chi connectivity index (χ1n) is 3.08. The summed E-state index contributed by atoms with van der Waals surface area (Å²) < 4.78 is 0. The summed E-state index contributed by atoms with van der Waals surface area (Å²) in [5, 5.41) is 8.81. The number of aliphatic hydroxyl groups excluding tert-OH is 1. The smallest absolute Gasteiger partial charge is 0.0573 e. The van der Waals surface area contributed by atoms with Gasteiger partial charge in [0, 0.05) is 5.88 Å². The van der Waals surface area contributed by atoms with Crippen molar-refractivity contribution in [2.75, 3.05) is 5.88 Å². The normalized spacial score (nSPS) is 35.2. The number of aliphatic hydroxyl groups is 1. The average molecular weight is 135 g/mol. The zero-order valence-electron chi connectivity index (χ0n) is 4.81. The maximum Gasteiger partial charge on any atom is 0.0573 e. The Bertz CT molecular complexity index is 74.9. The summed E-state index contributed by atoms with van der Waals surface area (Å²) in [6, 6.07) is 0. The molecule has 1 aliphatic carbocycles. The molecule has 0 aliphatic heterocycles. The molecule has 0 aromatic heterocycles. The summed E-state index contributed by atoms with van der Waals surface area (Å²) in [5.41, 5.74) is 0. The molecule has 0 bridgehead atoms. The lowest BCUT2D eigenvalue weighted by molar-refractivity contribution is 0.256. The van der Waals surface area contributed by atoms with Gasteiger partial charge in [0.15, 0.2) is 0 Å². The quantitative estimate of drug-likeness (QED) is 0.579. The van der Waals surface area contributed by atoms with Gasteiger partial charge in [0.05, 0.1) is 6.10 Å². The van der Waals surface area contributed by atoms with Crippen LogP contribution in [0.1, 0.15) is 19.3 Å². The number of halogens is 1. The summed E-state index contributed by atoms with van der Waals surface area (Å²) in [7, 11) is 0. The molecule has 1 aliphatic rings. The number of hydrogen-bond acceptors (Lipinski definition) is 1. The van der Waals surface area contributed by atoms with Crippen LogP contribution < -0.4 is 0 Å². The highest BCUT2D eigenvalue weighted by molar-refractivity contribution is 6.17. The lowest BCUT2D eigenvalue weighted by atomic mass is 10.2. The maximum absolute atomic E-state index is 8.81. The van der Waals surface area contributed by atoms with E-state index in [0.717, 1.165) is 25.1 Å². The molecule has 48 valence electrons. The van der Waals surface area contributed by atoms with E-state index in [1.807, 2.05) is 0 Å². The molecule has 0 aromatic carbocycles. The molecule has 1 fully saturated rings. The van der Waals surface area contributed by atoms with Crippen LogP contribution in [0.15, 0.2) is 0 Å². The van der Waals surface area contributed by atoms with Gasteiger partial charge in [-0.05, 0) is 25.2 Å². The predicted molar refractivity (Wildman–Crippen MR) is 34.1 cm³/mol. The lowest BCUT2D eigenvalue weighted by Gasteiger charge is -1.89. The molecule has 1 rings (SSSR count). The molecule has 0 heterocycles. The molecule has 1 nitrogen and oxygen atoms in total. The molecular weight excluding hydrogens is 124 g/mol. The van der Waals surface area contributed by atoms with Crippen molar-refractivity contribution in [2.45, 2.75) is 25.4 Å². The van der Waals surface area contributed by atoms with E-state index in [-0.39, 0.29) is 6.10 Å². The maximum atomic E-state index is 8.81. The Kier molecular flexibility index (Phi) is 2.15. The molecule has 8 heavy (non-hydrogen) atoms. The third-order valence-corrected chi connectivity index (χ3v) is 1.86. The van der Waals surface area contributed by atoms with Crippen molar-refractivity contribution in [2.24, 2.45) is 5.92 Å². The molecule has 0 radical (unpaired) electrons. The second-order valence-electron chi connectivity index (χ2n) is 2.39. The molecule has 0 unspecified atom stereocenters. The minimum absolute atomic E-state index is 0.0122. The highest BCUT2D eigenvalue weighted by atomic mass is 35.5. The Labute approximate surface area is 54.7 Å². The van der Waals surface area contributed by atoms with E-state index in [9.17, 15) is 0 Å². The van der Waals surface area contributed by atoms with E-state index in [1.165, 1.54) is 0 Å². The van der Waals surface area contributed by atoms with Gasteiger partial charge in [-0.25, -0.2) is 0 Å². The average Bonchev–Trinajstić information content (AvgIpc) is 2.42. The van der Waals surface area contributed by atoms with Gasteiger partial charge in [0.2, 0.25) is 0 Å². The van der Waals surface area contributed by atoms with E-state index < -0.39 is 0 Å². The van der Waals surface area contributed by atoms with Gasteiger partial charge in [-0.15, -0.1) is 11.6 Å². The van der Waals surface area contributed by atoms with Crippen molar-refractivity contribution in [3.05, 3.63) is 0 Å². The van der Waals surface area contributed by atoms with Crippen LogP contribution in [0.3, 0.4) is 0 Å². The minimum atomic E-state index is 0.0122. The third kappa shape index (κ3) is 1.64. The molecule has 2 atom stereocenters. The molecular formula is C6H11ClO. The topological polar surface area (TPSA) is 20.2 Å². The van der Waals surface area contributed by atoms with Crippen molar-refractivity contribution in [3.63, 3.8) is 0 Å². The monoisotopic (exact) mass is 134 g/mol. The van der Waals surface area contributed by atoms with E-state index >= 15 is 0 Å². The summed E-state index contributed by atoms with van der Waals surface area (Å²) in [6.07, 6.45) is 3.20. The fourth-order valence-electron chi connectivity index (χ4n) is 0.881. The van der Waals surface area contributed by atoms with Gasteiger partial charge < -0.3 is 5.11 Å². The number of alkyl halides is 1. The van der Waals surface area contributed by atoms with E-state index in [0.29, 0.717) is 5.92 Å². The van der Waals surface area contributed by atoms with Gasteiger partial charge in [-0.2, -0.15) is 0 Å². The van der Waals surface area contributed by atoms with Crippen LogP contribution in [0.25, 0.3) is 0 Å². The molecule has 1 N–H and O–H groups in total. The predicted octanol–water partition coefficient (Wildman–Crippen LogP) is 1.39. The second-order valence-corrected chi connectivity index (χ2v) is 2.77. The summed E-state index contributed by atoms with van der Waals surface area (Å²) in [4.78, 5) is 0. The van der Waals surface area contributed by atoms with E-state index in [4.69, 9.17) is 16.7 Å². The van der Waals surface area contributed by atoms with E-state index in [1.54, 1.807) is 0 Å². The van der Waals surface area contributed by atoms with Crippen LogP contribution in [-0.2, 0) is 0 Å². The number of rotatable bonds is 3. The molecule has 2 heteroatoms. The second kappa shape index (κ2) is 2.70.